The third-order valence-electron chi connectivity index (χ3n) is 4.37. The summed E-state index contributed by atoms with van der Waals surface area (Å²) in [5, 5.41) is 0.415. The second-order valence-electron chi connectivity index (χ2n) is 6.18. The first-order valence-electron chi connectivity index (χ1n) is 8.33. The Morgan fingerprint density at radius 3 is 2.77 bits per heavy atom. The van der Waals surface area contributed by atoms with E-state index in [0.717, 1.165) is 18.4 Å². The molecule has 26 heavy (non-hydrogen) atoms. The summed E-state index contributed by atoms with van der Waals surface area (Å²) in [6.07, 6.45) is 4.35. The van der Waals surface area contributed by atoms with Crippen LogP contribution in [0.2, 0.25) is 5.02 Å². The van der Waals surface area contributed by atoms with Crippen LogP contribution < -0.4 is 9.47 Å². The van der Waals surface area contributed by atoms with E-state index in [2.05, 4.69) is 4.98 Å². The number of piperidine rings is 1. The van der Waals surface area contributed by atoms with Gasteiger partial charge in [-0.1, -0.05) is 11.6 Å². The minimum atomic E-state index is -3.59. The van der Waals surface area contributed by atoms with Gasteiger partial charge in [-0.05, 0) is 43.5 Å². The Balaban J connectivity index is 1.78. The lowest BCUT2D eigenvalue weighted by Crippen LogP contribution is -2.44. The molecule has 1 aliphatic heterocycles. The van der Waals surface area contributed by atoms with Crippen LogP contribution in [-0.2, 0) is 10.0 Å². The molecule has 1 atom stereocenters. The molecular formula is C18H21ClN2O4S. The Kier molecular flexibility index (Phi) is 5.70. The molecule has 6 nitrogen and oxygen atoms in total. The molecule has 3 rings (SSSR count). The van der Waals surface area contributed by atoms with Gasteiger partial charge >= 0.3 is 0 Å². The SMILES string of the molecule is COc1ccc(S(=O)(=O)N2CCCC(Oc3ccncc3Cl)C2)cc1C. The first-order valence-corrected chi connectivity index (χ1v) is 10.1. The standard InChI is InChI=1S/C18H21ClN2O4S/c1-13-10-15(5-6-17(13)24-2)26(22,23)21-9-3-4-14(12-21)25-18-7-8-20-11-16(18)19/h5-8,10-11,14H,3-4,9,12H2,1-2H3. The number of halogens is 1. The largest absolute Gasteiger partial charge is 0.496 e. The number of hydrogen-bond donors (Lipinski definition) is 0. The fourth-order valence-corrected chi connectivity index (χ4v) is 4.78. The second kappa shape index (κ2) is 7.82. The maximum Gasteiger partial charge on any atom is 0.243 e. The van der Waals surface area contributed by atoms with Crippen LogP contribution in [0.5, 0.6) is 11.5 Å². The Bertz CT molecular complexity index is 889. The van der Waals surface area contributed by atoms with Crippen molar-refractivity contribution in [3.8, 4) is 11.5 Å². The summed E-state index contributed by atoms with van der Waals surface area (Å²) in [5.74, 6) is 1.18. The van der Waals surface area contributed by atoms with Gasteiger partial charge in [0.1, 0.15) is 22.6 Å². The number of hydrogen-bond acceptors (Lipinski definition) is 5. The molecule has 0 amide bonds. The molecule has 1 aromatic carbocycles. The van der Waals surface area contributed by atoms with Crippen molar-refractivity contribution in [3.05, 3.63) is 47.2 Å². The lowest BCUT2D eigenvalue weighted by atomic mass is 10.1. The van der Waals surface area contributed by atoms with Gasteiger partial charge < -0.3 is 9.47 Å². The fraction of sp³-hybridized carbons (Fsp3) is 0.389. The van der Waals surface area contributed by atoms with Crippen LogP contribution in [-0.4, -0.2) is 44.0 Å². The zero-order valence-corrected chi connectivity index (χ0v) is 16.3. The van der Waals surface area contributed by atoms with Crippen LogP contribution in [0, 0.1) is 6.92 Å². The summed E-state index contributed by atoms with van der Waals surface area (Å²) in [7, 11) is -2.03. The normalized spacial score (nSPS) is 18.5. The summed E-state index contributed by atoms with van der Waals surface area (Å²) in [6, 6.07) is 6.57. The van der Waals surface area contributed by atoms with E-state index in [4.69, 9.17) is 21.1 Å². The van der Waals surface area contributed by atoms with Crippen LogP contribution in [0.4, 0.5) is 0 Å². The van der Waals surface area contributed by atoms with Gasteiger partial charge in [-0.25, -0.2) is 8.42 Å². The third kappa shape index (κ3) is 3.95. The van der Waals surface area contributed by atoms with Crippen LogP contribution in [0.3, 0.4) is 0 Å². The molecule has 0 saturated carbocycles. The lowest BCUT2D eigenvalue weighted by Gasteiger charge is -2.32. The second-order valence-corrected chi connectivity index (χ2v) is 8.53. The molecule has 0 radical (unpaired) electrons. The average Bonchev–Trinajstić information content (AvgIpc) is 2.64. The van der Waals surface area contributed by atoms with Crippen molar-refractivity contribution in [3.63, 3.8) is 0 Å². The number of aryl methyl sites for hydroxylation is 1. The van der Waals surface area contributed by atoms with Crippen molar-refractivity contribution in [1.29, 1.82) is 0 Å². The number of benzene rings is 1. The van der Waals surface area contributed by atoms with E-state index in [1.807, 2.05) is 6.92 Å². The van der Waals surface area contributed by atoms with E-state index < -0.39 is 10.0 Å². The zero-order valence-electron chi connectivity index (χ0n) is 14.7. The van der Waals surface area contributed by atoms with E-state index in [0.29, 0.717) is 23.1 Å². The number of nitrogens with zero attached hydrogens (tertiary/aromatic N) is 2. The van der Waals surface area contributed by atoms with E-state index in [1.54, 1.807) is 37.6 Å². The van der Waals surface area contributed by atoms with Crippen molar-refractivity contribution in [2.24, 2.45) is 0 Å². The van der Waals surface area contributed by atoms with Gasteiger partial charge in [0.15, 0.2) is 0 Å². The van der Waals surface area contributed by atoms with Crippen molar-refractivity contribution >= 4 is 21.6 Å². The summed E-state index contributed by atoms with van der Waals surface area (Å²) < 4.78 is 38.6. The van der Waals surface area contributed by atoms with E-state index >= 15 is 0 Å². The number of sulfonamides is 1. The maximum atomic E-state index is 13.0. The van der Waals surface area contributed by atoms with Gasteiger partial charge in [0.25, 0.3) is 0 Å². The number of aromatic nitrogens is 1. The molecule has 1 unspecified atom stereocenters. The Morgan fingerprint density at radius 2 is 2.08 bits per heavy atom. The van der Waals surface area contributed by atoms with Gasteiger partial charge in [0.05, 0.1) is 18.6 Å². The predicted molar refractivity (Wildman–Crippen MR) is 99.4 cm³/mol. The molecular weight excluding hydrogens is 376 g/mol. The van der Waals surface area contributed by atoms with Crippen LogP contribution in [0.1, 0.15) is 18.4 Å². The van der Waals surface area contributed by atoms with Gasteiger partial charge in [0, 0.05) is 25.0 Å². The lowest BCUT2D eigenvalue weighted by molar-refractivity contribution is 0.130. The molecule has 1 saturated heterocycles. The summed E-state index contributed by atoms with van der Waals surface area (Å²) in [5.41, 5.74) is 0.780. The van der Waals surface area contributed by atoms with Crippen molar-refractivity contribution < 1.29 is 17.9 Å². The van der Waals surface area contributed by atoms with E-state index in [9.17, 15) is 8.42 Å². The monoisotopic (exact) mass is 396 g/mol. The average molecular weight is 397 g/mol. The summed E-state index contributed by atoms with van der Waals surface area (Å²) >= 11 is 6.08. The van der Waals surface area contributed by atoms with Gasteiger partial charge in [-0.2, -0.15) is 4.31 Å². The third-order valence-corrected chi connectivity index (χ3v) is 6.52. The van der Waals surface area contributed by atoms with Crippen molar-refractivity contribution in [2.75, 3.05) is 20.2 Å². The highest BCUT2D eigenvalue weighted by molar-refractivity contribution is 7.89. The molecule has 0 N–H and O–H groups in total. The van der Waals surface area contributed by atoms with Gasteiger partial charge in [-0.3, -0.25) is 4.98 Å². The van der Waals surface area contributed by atoms with E-state index in [1.165, 1.54) is 10.5 Å². The molecule has 2 aromatic rings. The highest BCUT2D eigenvalue weighted by Crippen LogP contribution is 2.29. The first kappa shape index (κ1) is 18.9. The molecule has 8 heteroatoms. The number of pyridine rings is 1. The first-order chi connectivity index (χ1) is 12.4. The number of methoxy groups -OCH3 is 1. The molecule has 0 aliphatic carbocycles. The quantitative estimate of drug-likeness (QED) is 0.775. The zero-order chi connectivity index (χ0) is 18.7. The van der Waals surface area contributed by atoms with Gasteiger partial charge in [-0.15, -0.1) is 0 Å². The summed E-state index contributed by atoms with van der Waals surface area (Å²) in [4.78, 5) is 4.19. The van der Waals surface area contributed by atoms with Crippen LogP contribution in [0.25, 0.3) is 0 Å². The fourth-order valence-electron chi connectivity index (χ4n) is 3.02. The van der Waals surface area contributed by atoms with E-state index in [-0.39, 0.29) is 17.5 Å². The molecule has 0 bridgehead atoms. The molecule has 0 spiro atoms. The highest BCUT2D eigenvalue weighted by Gasteiger charge is 2.31. The molecule has 1 aromatic heterocycles. The van der Waals surface area contributed by atoms with Gasteiger partial charge in [0.2, 0.25) is 10.0 Å². The highest BCUT2D eigenvalue weighted by atomic mass is 35.5. The number of ether oxygens (including phenoxy) is 2. The van der Waals surface area contributed by atoms with Crippen LogP contribution in [0.15, 0.2) is 41.6 Å². The molecule has 1 aliphatic rings. The Morgan fingerprint density at radius 1 is 1.27 bits per heavy atom. The minimum absolute atomic E-state index is 0.252. The number of rotatable bonds is 5. The molecule has 1 fully saturated rings. The molecule has 2 heterocycles. The minimum Gasteiger partial charge on any atom is -0.496 e. The van der Waals surface area contributed by atoms with Crippen molar-refractivity contribution in [1.82, 2.24) is 9.29 Å². The topological polar surface area (TPSA) is 68.7 Å². The predicted octanol–water partition coefficient (Wildman–Crippen LogP) is 3.28. The maximum absolute atomic E-state index is 13.0. The van der Waals surface area contributed by atoms with Crippen LogP contribution >= 0.6 is 11.6 Å². The smallest absolute Gasteiger partial charge is 0.243 e. The molecule has 140 valence electrons. The summed E-state index contributed by atoms with van der Waals surface area (Å²) in [6.45, 7) is 2.58. The Hall–Kier alpha value is -1.83. The Labute approximate surface area is 158 Å². The van der Waals surface area contributed by atoms with Crippen molar-refractivity contribution in [2.45, 2.75) is 30.8 Å².